The first-order valence-corrected chi connectivity index (χ1v) is 15.8. The van der Waals surface area contributed by atoms with Crippen LogP contribution in [-0.2, 0) is 16.1 Å². The van der Waals surface area contributed by atoms with Crippen LogP contribution < -0.4 is 24.3 Å². The maximum absolute atomic E-state index is 14.1. The van der Waals surface area contributed by atoms with E-state index < -0.39 is 57.8 Å². The lowest BCUT2D eigenvalue weighted by atomic mass is 10.0. The Bertz CT molecular complexity index is 1730. The second kappa shape index (κ2) is 16.1. The van der Waals surface area contributed by atoms with Gasteiger partial charge in [-0.25, -0.2) is 9.59 Å². The summed E-state index contributed by atoms with van der Waals surface area (Å²) in [7, 11) is 5.91. The fourth-order valence-corrected chi connectivity index (χ4v) is 6.53. The maximum Gasteiger partial charge on any atom is 0.342 e. The Morgan fingerprint density at radius 2 is 1.65 bits per heavy atom. The van der Waals surface area contributed by atoms with Crippen molar-refractivity contribution in [3.8, 4) is 23.0 Å². The summed E-state index contributed by atoms with van der Waals surface area (Å²) < 4.78 is 22.0. The van der Waals surface area contributed by atoms with Gasteiger partial charge in [-0.05, 0) is 30.2 Å². The number of carbonyl (C=O) groups is 4. The van der Waals surface area contributed by atoms with Gasteiger partial charge in [0.25, 0.3) is 5.69 Å². The number of carboxylic acids is 1. The highest BCUT2D eigenvalue weighted by molar-refractivity contribution is 8.00. The Labute approximate surface area is 286 Å². The summed E-state index contributed by atoms with van der Waals surface area (Å²) in [6.07, 6.45) is 0.230. The molecule has 2 N–H and O–H groups in total. The van der Waals surface area contributed by atoms with E-state index in [1.165, 1.54) is 39.4 Å². The topological polar surface area (TPSA) is 187 Å². The van der Waals surface area contributed by atoms with Crippen molar-refractivity contribution >= 4 is 41.3 Å². The van der Waals surface area contributed by atoms with Crippen molar-refractivity contribution in [1.82, 2.24) is 15.1 Å². The molecule has 1 heterocycles. The maximum atomic E-state index is 14.1. The van der Waals surface area contributed by atoms with Gasteiger partial charge in [-0.1, -0.05) is 25.1 Å². The summed E-state index contributed by atoms with van der Waals surface area (Å²) in [6, 6.07) is 12.1. The summed E-state index contributed by atoms with van der Waals surface area (Å²) in [5.41, 5.74) is -0.388. The second-order valence-electron chi connectivity index (χ2n) is 10.7. The molecule has 16 heteroatoms. The van der Waals surface area contributed by atoms with Crippen LogP contribution in [0.25, 0.3) is 0 Å². The predicted molar refractivity (Wildman–Crippen MR) is 177 cm³/mol. The molecular formula is C33H36N4O11S. The number of aromatic carboxylic acids is 1. The van der Waals surface area contributed by atoms with E-state index in [1.807, 2.05) is 0 Å². The zero-order chi connectivity index (χ0) is 35.8. The van der Waals surface area contributed by atoms with Crippen molar-refractivity contribution in [2.75, 3.05) is 41.5 Å². The molecule has 0 spiro atoms. The average molecular weight is 697 g/mol. The van der Waals surface area contributed by atoms with E-state index in [4.69, 9.17) is 18.9 Å². The molecule has 4 amide bonds. The second-order valence-corrected chi connectivity index (χ2v) is 12.0. The molecule has 1 aliphatic rings. The third-order valence-electron chi connectivity index (χ3n) is 7.88. The minimum atomic E-state index is -1.47. The molecule has 1 saturated heterocycles. The third-order valence-corrected chi connectivity index (χ3v) is 9.11. The minimum absolute atomic E-state index is 0.0297. The van der Waals surface area contributed by atoms with E-state index in [0.29, 0.717) is 33.5 Å². The number of nitrogens with zero attached hydrogens (tertiary/aromatic N) is 3. The van der Waals surface area contributed by atoms with Crippen LogP contribution in [0.2, 0.25) is 0 Å². The molecule has 3 aromatic rings. The van der Waals surface area contributed by atoms with E-state index in [0.717, 1.165) is 28.8 Å². The molecule has 1 fully saturated rings. The number of hydrogen-bond donors (Lipinski definition) is 2. The normalized spacial score (nSPS) is 15.2. The minimum Gasteiger partial charge on any atom is -0.496 e. The zero-order valence-corrected chi connectivity index (χ0v) is 28.3. The number of carbonyl (C=O) groups excluding carboxylic acids is 3. The molecule has 0 bridgehead atoms. The molecule has 0 aromatic heterocycles. The molecule has 1 aliphatic heterocycles. The summed E-state index contributed by atoms with van der Waals surface area (Å²) in [5.74, 6) is -0.933. The summed E-state index contributed by atoms with van der Waals surface area (Å²) >= 11 is 1.13. The number of nitrogens with one attached hydrogen (secondary N) is 1. The summed E-state index contributed by atoms with van der Waals surface area (Å²) in [5, 5.41) is 22.7. The number of thioether (sulfide) groups is 1. The Hall–Kier alpha value is -5.51. The number of benzene rings is 3. The summed E-state index contributed by atoms with van der Waals surface area (Å²) in [6.45, 7) is 0.971. The van der Waals surface area contributed by atoms with Gasteiger partial charge in [-0.15, -0.1) is 11.8 Å². The predicted octanol–water partition coefficient (Wildman–Crippen LogP) is 4.52. The van der Waals surface area contributed by atoms with Crippen LogP contribution in [0.3, 0.4) is 0 Å². The molecule has 2 atom stereocenters. The van der Waals surface area contributed by atoms with Gasteiger partial charge in [0.1, 0.15) is 40.4 Å². The van der Waals surface area contributed by atoms with Crippen molar-refractivity contribution in [2.24, 2.45) is 0 Å². The van der Waals surface area contributed by atoms with E-state index in [9.17, 15) is 34.4 Å². The molecule has 0 radical (unpaired) electrons. The number of urea groups is 1. The Kier molecular flexibility index (Phi) is 11.9. The smallest absolute Gasteiger partial charge is 0.342 e. The summed E-state index contributed by atoms with van der Waals surface area (Å²) in [4.78, 5) is 67.0. The fraction of sp³-hybridized carbons (Fsp3) is 0.333. The number of amides is 4. The number of hydrogen-bond acceptors (Lipinski definition) is 11. The Balaban J connectivity index is 1.70. The quantitative estimate of drug-likeness (QED) is 0.188. The van der Waals surface area contributed by atoms with Gasteiger partial charge in [0.05, 0.1) is 56.4 Å². The van der Waals surface area contributed by atoms with Crippen LogP contribution in [0.4, 0.5) is 10.5 Å². The van der Waals surface area contributed by atoms with E-state index in [1.54, 1.807) is 43.3 Å². The van der Waals surface area contributed by atoms with Gasteiger partial charge in [-0.2, -0.15) is 0 Å². The number of ether oxygens (including phenoxy) is 4. The molecule has 3 aromatic carbocycles. The van der Waals surface area contributed by atoms with Crippen molar-refractivity contribution in [3.05, 3.63) is 81.4 Å². The highest BCUT2D eigenvalue weighted by Gasteiger charge is 2.39. The number of nitro benzene ring substituents is 1. The van der Waals surface area contributed by atoms with Crippen LogP contribution in [0.15, 0.2) is 59.5 Å². The van der Waals surface area contributed by atoms with Crippen molar-refractivity contribution in [1.29, 1.82) is 0 Å². The first kappa shape index (κ1) is 36.3. The van der Waals surface area contributed by atoms with Crippen LogP contribution in [0.5, 0.6) is 23.0 Å². The molecule has 15 nitrogen and oxygen atoms in total. The van der Waals surface area contributed by atoms with Crippen molar-refractivity contribution in [2.45, 2.75) is 36.1 Å². The first-order chi connectivity index (χ1) is 23.4. The zero-order valence-electron chi connectivity index (χ0n) is 27.5. The lowest BCUT2D eigenvalue weighted by Gasteiger charge is -2.25. The number of para-hydroxylation sites is 1. The van der Waals surface area contributed by atoms with Gasteiger partial charge in [0.15, 0.2) is 0 Å². The van der Waals surface area contributed by atoms with E-state index >= 15 is 0 Å². The average Bonchev–Trinajstić information content (AvgIpc) is 3.22. The highest BCUT2D eigenvalue weighted by Crippen LogP contribution is 2.38. The first-order valence-electron chi connectivity index (χ1n) is 15.0. The Morgan fingerprint density at radius 1 is 1.00 bits per heavy atom. The van der Waals surface area contributed by atoms with Gasteiger partial charge in [0, 0.05) is 24.7 Å². The largest absolute Gasteiger partial charge is 0.496 e. The van der Waals surface area contributed by atoms with Gasteiger partial charge in [-0.3, -0.25) is 24.6 Å². The molecule has 260 valence electrons. The molecular weight excluding hydrogens is 660 g/mol. The number of methoxy groups -OCH3 is 4. The van der Waals surface area contributed by atoms with Crippen LogP contribution in [-0.4, -0.2) is 90.4 Å². The number of imide groups is 1. The SMILES string of the molecule is CC[C@@H](NC(=O)N1CC(=O)N(Cc2c(OC)cc(OC)cc2OC)CC(Sc2ccccc2OC)C1=O)c1ccc(C(=O)O)c([N+](=O)[O-])c1. The lowest BCUT2D eigenvalue weighted by Crippen LogP contribution is -2.49. The van der Waals surface area contributed by atoms with Gasteiger partial charge < -0.3 is 34.3 Å². The van der Waals surface area contributed by atoms with Gasteiger partial charge in [0.2, 0.25) is 11.8 Å². The molecule has 1 unspecified atom stereocenters. The van der Waals surface area contributed by atoms with Crippen molar-refractivity contribution in [3.63, 3.8) is 0 Å². The van der Waals surface area contributed by atoms with Crippen LogP contribution in [0.1, 0.15) is 40.9 Å². The van der Waals surface area contributed by atoms with Crippen molar-refractivity contribution < 1.29 is 48.2 Å². The standard InChI is InChI=1S/C33H36N4O11S/c1-6-23(19-11-12-21(32(40)41)24(13-19)37(43)44)34-33(42)36-18-30(38)35(16-22-26(47-4)14-20(45-2)15-27(22)48-5)17-29(31(36)39)49-28-10-8-7-9-25(28)46-3/h7-15,23,29H,6,16-18H2,1-5H3,(H,34,42)(H,40,41)/t23-,29?/m1/s1. The van der Waals surface area contributed by atoms with Gasteiger partial charge >= 0.3 is 12.0 Å². The van der Waals surface area contributed by atoms with Crippen LogP contribution in [0, 0.1) is 10.1 Å². The molecule has 0 aliphatic carbocycles. The number of carboxylic acid groups (broad SMARTS) is 1. The third kappa shape index (κ3) is 8.14. The van der Waals surface area contributed by atoms with E-state index in [-0.39, 0.29) is 25.1 Å². The van der Waals surface area contributed by atoms with Crippen LogP contribution >= 0.6 is 11.8 Å². The number of rotatable bonds is 13. The Morgan fingerprint density at radius 3 is 2.22 bits per heavy atom. The molecule has 0 saturated carbocycles. The fourth-order valence-electron chi connectivity index (χ4n) is 5.32. The number of nitro groups is 1. The lowest BCUT2D eigenvalue weighted by molar-refractivity contribution is -0.385. The monoisotopic (exact) mass is 696 g/mol. The molecule has 4 rings (SSSR count). The molecule has 49 heavy (non-hydrogen) atoms. The van der Waals surface area contributed by atoms with E-state index in [2.05, 4.69) is 5.32 Å². The highest BCUT2D eigenvalue weighted by atomic mass is 32.2.